The Kier molecular flexibility index (Phi) is 2.12. The molecule has 2 rings (SSSR count). The number of carboxylic acids is 1. The van der Waals surface area contributed by atoms with Gasteiger partial charge in [-0.2, -0.15) is 0 Å². The molecule has 2 unspecified atom stereocenters. The van der Waals surface area contributed by atoms with E-state index >= 15 is 0 Å². The van der Waals surface area contributed by atoms with E-state index in [0.717, 1.165) is 12.8 Å². The Labute approximate surface area is 81.2 Å². The molecule has 1 aliphatic carbocycles. The largest absolute Gasteiger partial charge is 0.481 e. The van der Waals surface area contributed by atoms with Gasteiger partial charge in [-0.1, -0.05) is 0 Å². The van der Waals surface area contributed by atoms with E-state index < -0.39 is 5.97 Å². The summed E-state index contributed by atoms with van der Waals surface area (Å²) in [5, 5.41) is 11.0. The molecule has 2 nitrogen and oxygen atoms in total. The summed E-state index contributed by atoms with van der Waals surface area (Å²) >= 11 is 1.70. The first-order chi connectivity index (χ1) is 6.18. The summed E-state index contributed by atoms with van der Waals surface area (Å²) in [5.41, 5.74) is 1.22. The van der Waals surface area contributed by atoms with Crippen molar-refractivity contribution in [3.8, 4) is 0 Å². The zero-order valence-corrected chi connectivity index (χ0v) is 8.30. The van der Waals surface area contributed by atoms with Crippen LogP contribution in [0.15, 0.2) is 11.4 Å². The number of carboxylic acid groups (broad SMARTS) is 1. The molecule has 0 aromatic carbocycles. The van der Waals surface area contributed by atoms with Gasteiger partial charge >= 0.3 is 5.97 Å². The summed E-state index contributed by atoms with van der Waals surface area (Å²) in [4.78, 5) is 12.0. The molecule has 1 saturated carbocycles. The minimum atomic E-state index is -0.639. The van der Waals surface area contributed by atoms with Crippen molar-refractivity contribution in [2.24, 2.45) is 5.92 Å². The number of hydrogen-bond donors (Lipinski definition) is 1. The molecule has 1 aromatic heterocycles. The van der Waals surface area contributed by atoms with Gasteiger partial charge in [-0.05, 0) is 42.7 Å². The highest BCUT2D eigenvalue weighted by Crippen LogP contribution is 2.43. The number of thiophene rings is 1. The zero-order valence-electron chi connectivity index (χ0n) is 7.49. The van der Waals surface area contributed by atoms with Crippen LogP contribution in [0.5, 0.6) is 0 Å². The summed E-state index contributed by atoms with van der Waals surface area (Å²) in [6.07, 6.45) is 1.88. The molecule has 0 amide bonds. The third-order valence-electron chi connectivity index (χ3n) is 2.77. The molecule has 1 aromatic rings. The zero-order chi connectivity index (χ0) is 9.42. The van der Waals surface area contributed by atoms with Crippen molar-refractivity contribution in [3.05, 3.63) is 21.9 Å². The second-order valence-corrected chi connectivity index (χ2v) is 4.73. The monoisotopic (exact) mass is 196 g/mol. The van der Waals surface area contributed by atoms with Crippen molar-refractivity contribution in [2.75, 3.05) is 0 Å². The van der Waals surface area contributed by atoms with Gasteiger partial charge in [-0.3, -0.25) is 4.79 Å². The van der Waals surface area contributed by atoms with Crippen molar-refractivity contribution in [2.45, 2.75) is 25.7 Å². The Morgan fingerprint density at radius 2 is 2.38 bits per heavy atom. The van der Waals surface area contributed by atoms with Crippen molar-refractivity contribution >= 4 is 17.3 Å². The highest BCUT2D eigenvalue weighted by atomic mass is 32.1. The summed E-state index contributed by atoms with van der Waals surface area (Å²) in [5.74, 6) is -0.489. The first-order valence-corrected chi connectivity index (χ1v) is 5.34. The Bertz CT molecular complexity index is 329. The third-order valence-corrected chi connectivity index (χ3v) is 3.65. The number of aliphatic carboxylic acids is 1. The number of aryl methyl sites for hydroxylation is 1. The highest BCUT2D eigenvalue weighted by Gasteiger charge is 2.37. The molecule has 70 valence electrons. The summed E-state index contributed by atoms with van der Waals surface area (Å²) in [6, 6.07) is 2.12. The van der Waals surface area contributed by atoms with Crippen LogP contribution in [0.2, 0.25) is 0 Å². The van der Waals surface area contributed by atoms with Gasteiger partial charge in [-0.15, -0.1) is 11.3 Å². The van der Waals surface area contributed by atoms with Crippen LogP contribution in [0.3, 0.4) is 0 Å². The molecule has 1 aliphatic rings. The van der Waals surface area contributed by atoms with Crippen LogP contribution >= 0.6 is 11.3 Å². The average molecular weight is 196 g/mol. The van der Waals surface area contributed by atoms with Gasteiger partial charge in [0.25, 0.3) is 0 Å². The van der Waals surface area contributed by atoms with E-state index in [1.54, 1.807) is 11.3 Å². The molecule has 0 saturated heterocycles. The van der Waals surface area contributed by atoms with Crippen molar-refractivity contribution in [1.82, 2.24) is 0 Å². The lowest BCUT2D eigenvalue weighted by Gasteiger charge is -2.32. The maximum Gasteiger partial charge on any atom is 0.307 e. The molecule has 13 heavy (non-hydrogen) atoms. The Hall–Kier alpha value is -0.830. The molecule has 3 heteroatoms. The summed E-state index contributed by atoms with van der Waals surface area (Å²) < 4.78 is 0. The molecule has 0 bridgehead atoms. The van der Waals surface area contributed by atoms with Gasteiger partial charge in [0.2, 0.25) is 0 Å². The average Bonchev–Trinajstić information content (AvgIpc) is 2.32. The van der Waals surface area contributed by atoms with Gasteiger partial charge < -0.3 is 5.11 Å². The standard InChI is InChI=1S/C10H12O2S/c1-6-4-7(5-13-6)8-2-3-9(8)10(11)12/h4-5,8-9H,2-3H2,1H3,(H,11,12). The first kappa shape index (κ1) is 8.75. The SMILES string of the molecule is Cc1cc(C2CCC2C(=O)O)cs1. The van der Waals surface area contributed by atoms with E-state index in [2.05, 4.69) is 18.4 Å². The number of rotatable bonds is 2. The van der Waals surface area contributed by atoms with Gasteiger partial charge in [0.05, 0.1) is 5.92 Å². The molecule has 1 N–H and O–H groups in total. The maximum atomic E-state index is 10.8. The maximum absolute atomic E-state index is 10.8. The quantitative estimate of drug-likeness (QED) is 0.789. The Morgan fingerprint density at radius 1 is 1.62 bits per heavy atom. The molecule has 0 spiro atoms. The van der Waals surface area contributed by atoms with Crippen LogP contribution in [-0.4, -0.2) is 11.1 Å². The van der Waals surface area contributed by atoms with Gasteiger partial charge in [0.15, 0.2) is 0 Å². The smallest absolute Gasteiger partial charge is 0.307 e. The van der Waals surface area contributed by atoms with Crippen LogP contribution < -0.4 is 0 Å². The third kappa shape index (κ3) is 1.48. The predicted octanol–water partition coefficient (Wildman–Crippen LogP) is 2.63. The fourth-order valence-corrected chi connectivity index (χ4v) is 2.62. The minimum Gasteiger partial charge on any atom is -0.481 e. The Balaban J connectivity index is 2.14. The second-order valence-electron chi connectivity index (χ2n) is 3.62. The summed E-state index contributed by atoms with van der Waals surface area (Å²) in [6.45, 7) is 2.06. The molecule has 0 radical (unpaired) electrons. The van der Waals surface area contributed by atoms with Gasteiger partial charge in [0.1, 0.15) is 0 Å². The topological polar surface area (TPSA) is 37.3 Å². The molecule has 1 heterocycles. The Morgan fingerprint density at radius 3 is 2.77 bits per heavy atom. The lowest BCUT2D eigenvalue weighted by molar-refractivity contribution is -0.145. The van der Waals surface area contributed by atoms with Crippen LogP contribution in [0.25, 0.3) is 0 Å². The van der Waals surface area contributed by atoms with Gasteiger partial charge in [0, 0.05) is 4.88 Å². The van der Waals surface area contributed by atoms with E-state index in [4.69, 9.17) is 5.11 Å². The molecule has 2 atom stereocenters. The number of hydrogen-bond acceptors (Lipinski definition) is 2. The minimum absolute atomic E-state index is 0.131. The van der Waals surface area contributed by atoms with Crippen LogP contribution in [0, 0.1) is 12.8 Å². The fourth-order valence-electron chi connectivity index (χ4n) is 1.85. The number of carbonyl (C=O) groups is 1. The van der Waals surface area contributed by atoms with E-state index in [1.165, 1.54) is 10.4 Å². The van der Waals surface area contributed by atoms with Crippen molar-refractivity contribution < 1.29 is 9.90 Å². The fraction of sp³-hybridized carbons (Fsp3) is 0.500. The summed E-state index contributed by atoms with van der Waals surface area (Å²) in [7, 11) is 0. The van der Waals surface area contributed by atoms with Crippen LogP contribution in [-0.2, 0) is 4.79 Å². The van der Waals surface area contributed by atoms with Crippen LogP contribution in [0.1, 0.15) is 29.2 Å². The molecule has 0 aliphatic heterocycles. The van der Waals surface area contributed by atoms with Gasteiger partial charge in [-0.25, -0.2) is 0 Å². The molecular formula is C10H12O2S. The molecule has 1 fully saturated rings. The lowest BCUT2D eigenvalue weighted by Crippen LogP contribution is -2.30. The van der Waals surface area contributed by atoms with E-state index in [1.807, 2.05) is 0 Å². The van der Waals surface area contributed by atoms with Crippen molar-refractivity contribution in [3.63, 3.8) is 0 Å². The van der Waals surface area contributed by atoms with E-state index in [9.17, 15) is 4.79 Å². The van der Waals surface area contributed by atoms with Crippen LogP contribution in [0.4, 0.5) is 0 Å². The first-order valence-electron chi connectivity index (χ1n) is 4.46. The van der Waals surface area contributed by atoms with E-state index in [-0.39, 0.29) is 11.8 Å². The second kappa shape index (κ2) is 3.14. The predicted molar refractivity (Wildman–Crippen MR) is 52.2 cm³/mol. The molecular weight excluding hydrogens is 184 g/mol. The van der Waals surface area contributed by atoms with E-state index in [0.29, 0.717) is 0 Å². The highest BCUT2D eigenvalue weighted by molar-refractivity contribution is 7.10. The normalized spacial score (nSPS) is 26.8. The lowest BCUT2D eigenvalue weighted by atomic mass is 9.71. The van der Waals surface area contributed by atoms with Crippen molar-refractivity contribution in [1.29, 1.82) is 0 Å².